The van der Waals surface area contributed by atoms with Crippen molar-refractivity contribution in [1.82, 2.24) is 5.32 Å². The first-order valence-electron chi connectivity index (χ1n) is 6.28. The number of hydrogen-bond acceptors (Lipinski definition) is 3. The summed E-state index contributed by atoms with van der Waals surface area (Å²) < 4.78 is 6.23. The maximum Gasteiger partial charge on any atom is 0.260 e. The number of ether oxygens (including phenoxy) is 1. The molecule has 0 fully saturated rings. The minimum Gasteiger partial charge on any atom is -0.479 e. The summed E-state index contributed by atoms with van der Waals surface area (Å²) in [6, 6.07) is 5.16. The minimum atomic E-state index is -0.644. The Bertz CT molecular complexity index is 448. The predicted molar refractivity (Wildman–Crippen MR) is 77.5 cm³/mol. The van der Waals surface area contributed by atoms with E-state index in [9.17, 15) is 9.59 Å². The number of nitrogens with one attached hydrogen (secondary N) is 1. The molecule has 0 aliphatic carbocycles. The van der Waals surface area contributed by atoms with Crippen LogP contribution in [0.4, 0.5) is 0 Å². The van der Waals surface area contributed by atoms with Crippen molar-refractivity contribution in [3.05, 3.63) is 28.2 Å². The van der Waals surface area contributed by atoms with E-state index in [1.54, 1.807) is 25.1 Å². The molecule has 1 N–H and O–H groups in total. The number of rotatable bonds is 7. The SMILES string of the molecule is CCCCNC(=O)C(C)Oc1c(Br)cccc1C=O. The minimum absolute atomic E-state index is 0.180. The molecule has 1 amide bonds. The Morgan fingerprint density at radius 3 is 2.89 bits per heavy atom. The van der Waals surface area contributed by atoms with Gasteiger partial charge in [-0.1, -0.05) is 19.4 Å². The molecule has 19 heavy (non-hydrogen) atoms. The molecular weight excluding hydrogens is 310 g/mol. The van der Waals surface area contributed by atoms with Crippen LogP contribution in [-0.2, 0) is 4.79 Å². The van der Waals surface area contributed by atoms with Gasteiger partial charge in [-0.3, -0.25) is 9.59 Å². The molecule has 0 aliphatic rings. The highest BCUT2D eigenvalue weighted by molar-refractivity contribution is 9.10. The van der Waals surface area contributed by atoms with E-state index in [0.29, 0.717) is 28.6 Å². The molecule has 1 aromatic rings. The van der Waals surface area contributed by atoms with Gasteiger partial charge in [-0.2, -0.15) is 0 Å². The molecule has 1 unspecified atom stereocenters. The van der Waals surface area contributed by atoms with Crippen molar-refractivity contribution in [2.24, 2.45) is 0 Å². The van der Waals surface area contributed by atoms with E-state index in [1.165, 1.54) is 0 Å². The highest BCUT2D eigenvalue weighted by Gasteiger charge is 2.17. The van der Waals surface area contributed by atoms with Crippen LogP contribution < -0.4 is 10.1 Å². The Morgan fingerprint density at radius 1 is 1.53 bits per heavy atom. The van der Waals surface area contributed by atoms with Crippen LogP contribution in [0, 0.1) is 0 Å². The summed E-state index contributed by atoms with van der Waals surface area (Å²) in [5.74, 6) is 0.219. The molecule has 0 aliphatic heterocycles. The lowest BCUT2D eigenvalue weighted by Crippen LogP contribution is -2.37. The summed E-state index contributed by atoms with van der Waals surface area (Å²) in [7, 11) is 0. The summed E-state index contributed by atoms with van der Waals surface area (Å²) in [6.45, 7) is 4.36. The zero-order valence-corrected chi connectivity index (χ0v) is 12.7. The van der Waals surface area contributed by atoms with Crippen LogP contribution in [0.5, 0.6) is 5.75 Å². The fourth-order valence-corrected chi connectivity index (χ4v) is 1.98. The van der Waals surface area contributed by atoms with Crippen molar-refractivity contribution in [3.63, 3.8) is 0 Å². The molecule has 0 radical (unpaired) electrons. The number of unbranched alkanes of at least 4 members (excludes halogenated alkanes) is 1. The van der Waals surface area contributed by atoms with Crippen LogP contribution in [0.1, 0.15) is 37.0 Å². The van der Waals surface area contributed by atoms with Crippen LogP contribution in [0.2, 0.25) is 0 Å². The Kier molecular flexibility index (Phi) is 6.56. The van der Waals surface area contributed by atoms with E-state index in [-0.39, 0.29) is 5.91 Å². The van der Waals surface area contributed by atoms with Crippen molar-refractivity contribution >= 4 is 28.1 Å². The Balaban J connectivity index is 2.68. The van der Waals surface area contributed by atoms with Crippen LogP contribution in [0.25, 0.3) is 0 Å². The van der Waals surface area contributed by atoms with Gasteiger partial charge in [0, 0.05) is 6.54 Å². The van der Waals surface area contributed by atoms with Gasteiger partial charge in [0.15, 0.2) is 12.4 Å². The van der Waals surface area contributed by atoms with Crippen molar-refractivity contribution in [1.29, 1.82) is 0 Å². The number of hydrogen-bond donors (Lipinski definition) is 1. The number of carbonyl (C=O) groups is 2. The summed E-state index contributed by atoms with van der Waals surface area (Å²) in [6.07, 6.45) is 2.03. The Hall–Kier alpha value is -1.36. The molecule has 0 saturated heterocycles. The Labute approximate surface area is 121 Å². The van der Waals surface area contributed by atoms with Crippen molar-refractivity contribution < 1.29 is 14.3 Å². The van der Waals surface area contributed by atoms with Gasteiger partial charge in [0.25, 0.3) is 5.91 Å². The largest absolute Gasteiger partial charge is 0.479 e. The average Bonchev–Trinajstić information content (AvgIpc) is 2.41. The maximum atomic E-state index is 11.8. The lowest BCUT2D eigenvalue weighted by atomic mass is 10.2. The second-order valence-corrected chi connectivity index (χ2v) is 5.04. The summed E-state index contributed by atoms with van der Waals surface area (Å²) >= 11 is 3.31. The number of para-hydroxylation sites is 1. The molecular formula is C14H18BrNO3. The number of halogens is 1. The normalized spacial score (nSPS) is 11.7. The van der Waals surface area contributed by atoms with Gasteiger partial charge in [0.05, 0.1) is 10.0 Å². The third kappa shape index (κ3) is 4.67. The van der Waals surface area contributed by atoms with E-state index < -0.39 is 6.10 Å². The van der Waals surface area contributed by atoms with E-state index in [0.717, 1.165) is 12.8 Å². The van der Waals surface area contributed by atoms with Crippen molar-refractivity contribution in [3.8, 4) is 5.75 Å². The number of carbonyl (C=O) groups excluding carboxylic acids is 2. The van der Waals surface area contributed by atoms with E-state index >= 15 is 0 Å². The van der Waals surface area contributed by atoms with E-state index in [2.05, 4.69) is 28.2 Å². The Morgan fingerprint density at radius 2 is 2.26 bits per heavy atom. The second-order valence-electron chi connectivity index (χ2n) is 4.18. The number of amides is 1. The van der Waals surface area contributed by atoms with Gasteiger partial charge in [0.2, 0.25) is 0 Å². The third-order valence-corrected chi connectivity index (χ3v) is 3.24. The molecule has 104 valence electrons. The molecule has 0 bridgehead atoms. The topological polar surface area (TPSA) is 55.4 Å². The van der Waals surface area contributed by atoms with Crippen LogP contribution in [-0.4, -0.2) is 24.8 Å². The molecule has 1 atom stereocenters. The van der Waals surface area contributed by atoms with Gasteiger partial charge in [-0.25, -0.2) is 0 Å². The fraction of sp³-hybridized carbons (Fsp3) is 0.429. The second kappa shape index (κ2) is 7.94. The molecule has 0 saturated carbocycles. The standard InChI is InChI=1S/C14H18BrNO3/c1-3-4-8-16-14(18)10(2)19-13-11(9-17)6-5-7-12(13)15/h5-7,9-10H,3-4,8H2,1-2H3,(H,16,18). The molecule has 0 heterocycles. The lowest BCUT2D eigenvalue weighted by Gasteiger charge is -2.16. The zero-order chi connectivity index (χ0) is 14.3. The first-order chi connectivity index (χ1) is 9.10. The van der Waals surface area contributed by atoms with Crippen molar-refractivity contribution in [2.45, 2.75) is 32.8 Å². The summed E-state index contributed by atoms with van der Waals surface area (Å²) in [5.41, 5.74) is 0.419. The number of benzene rings is 1. The average molecular weight is 328 g/mol. The monoisotopic (exact) mass is 327 g/mol. The van der Waals surface area contributed by atoms with Crippen LogP contribution in [0.3, 0.4) is 0 Å². The molecule has 0 spiro atoms. The molecule has 1 aromatic carbocycles. The van der Waals surface area contributed by atoms with Gasteiger partial charge in [-0.15, -0.1) is 0 Å². The zero-order valence-electron chi connectivity index (χ0n) is 11.1. The first kappa shape index (κ1) is 15.7. The quantitative estimate of drug-likeness (QED) is 0.618. The molecule has 0 aromatic heterocycles. The fourth-order valence-electron chi connectivity index (χ4n) is 1.51. The van der Waals surface area contributed by atoms with Gasteiger partial charge in [-0.05, 0) is 41.4 Å². The number of aldehydes is 1. The van der Waals surface area contributed by atoms with Crippen LogP contribution >= 0.6 is 15.9 Å². The summed E-state index contributed by atoms with van der Waals surface area (Å²) in [5, 5.41) is 2.79. The third-order valence-electron chi connectivity index (χ3n) is 2.62. The van der Waals surface area contributed by atoms with Crippen molar-refractivity contribution in [2.75, 3.05) is 6.54 Å². The van der Waals surface area contributed by atoms with Gasteiger partial charge < -0.3 is 10.1 Å². The first-order valence-corrected chi connectivity index (χ1v) is 7.07. The van der Waals surface area contributed by atoms with Gasteiger partial charge in [0.1, 0.15) is 5.75 Å². The molecule has 5 heteroatoms. The van der Waals surface area contributed by atoms with Gasteiger partial charge >= 0.3 is 0 Å². The van der Waals surface area contributed by atoms with E-state index in [1.807, 2.05) is 0 Å². The molecule has 4 nitrogen and oxygen atoms in total. The smallest absolute Gasteiger partial charge is 0.260 e. The maximum absolute atomic E-state index is 11.8. The summed E-state index contributed by atoms with van der Waals surface area (Å²) in [4.78, 5) is 22.7. The predicted octanol–water partition coefficient (Wildman–Crippen LogP) is 2.95. The highest BCUT2D eigenvalue weighted by Crippen LogP contribution is 2.28. The van der Waals surface area contributed by atoms with Crippen LogP contribution in [0.15, 0.2) is 22.7 Å². The molecule has 1 rings (SSSR count). The van der Waals surface area contributed by atoms with E-state index in [4.69, 9.17) is 4.74 Å². The highest BCUT2D eigenvalue weighted by atomic mass is 79.9. The lowest BCUT2D eigenvalue weighted by molar-refractivity contribution is -0.127.